The molecular formula is C18H29FN2O3S. The van der Waals surface area contributed by atoms with Crippen molar-refractivity contribution in [2.75, 3.05) is 25.4 Å². The summed E-state index contributed by atoms with van der Waals surface area (Å²) in [4.78, 5) is 0. The summed E-state index contributed by atoms with van der Waals surface area (Å²) >= 11 is 0. The van der Waals surface area contributed by atoms with E-state index in [4.69, 9.17) is 10.5 Å². The number of sulfonamides is 1. The van der Waals surface area contributed by atoms with Gasteiger partial charge in [-0.2, -0.15) is 0 Å². The smallest absolute Gasteiger partial charge is 0.211 e. The van der Waals surface area contributed by atoms with Crippen LogP contribution in [0.5, 0.6) is 5.75 Å². The second-order valence-electron chi connectivity index (χ2n) is 6.66. The second kappa shape index (κ2) is 10.1. The number of ether oxygens (including phenoxy) is 1. The van der Waals surface area contributed by atoms with Crippen LogP contribution in [0.2, 0.25) is 0 Å². The lowest BCUT2D eigenvalue weighted by molar-refractivity contribution is 0.288. The van der Waals surface area contributed by atoms with Gasteiger partial charge in [0.25, 0.3) is 0 Å². The van der Waals surface area contributed by atoms with Crippen LogP contribution in [-0.2, 0) is 16.4 Å². The van der Waals surface area contributed by atoms with Gasteiger partial charge in [0.2, 0.25) is 10.0 Å². The predicted octanol–water partition coefficient (Wildman–Crippen LogP) is 2.60. The maximum Gasteiger partial charge on any atom is 0.211 e. The van der Waals surface area contributed by atoms with Gasteiger partial charge in [-0.25, -0.2) is 17.5 Å². The third-order valence-electron chi connectivity index (χ3n) is 4.33. The molecule has 1 aliphatic carbocycles. The van der Waals surface area contributed by atoms with Crippen LogP contribution < -0.4 is 15.2 Å². The normalized spacial score (nSPS) is 14.6. The number of halogens is 1. The van der Waals surface area contributed by atoms with Gasteiger partial charge in [-0.15, -0.1) is 0 Å². The SMILES string of the molecule is NCCCCCS(=O)(=O)NCCc1ccc(F)c(OCCC2CC2)c1. The molecule has 0 radical (unpaired) electrons. The van der Waals surface area contributed by atoms with Crippen molar-refractivity contribution < 1.29 is 17.5 Å². The molecule has 0 atom stereocenters. The Morgan fingerprint density at radius 1 is 1.24 bits per heavy atom. The molecule has 0 unspecified atom stereocenters. The van der Waals surface area contributed by atoms with Gasteiger partial charge in [-0.05, 0) is 55.8 Å². The van der Waals surface area contributed by atoms with Crippen LogP contribution in [0.1, 0.15) is 44.1 Å². The first-order valence-electron chi connectivity index (χ1n) is 9.09. The molecule has 1 aliphatic rings. The second-order valence-corrected chi connectivity index (χ2v) is 8.58. The predicted molar refractivity (Wildman–Crippen MR) is 97.6 cm³/mol. The highest BCUT2D eigenvalue weighted by Gasteiger charge is 2.21. The zero-order valence-corrected chi connectivity index (χ0v) is 15.5. The molecule has 0 spiro atoms. The summed E-state index contributed by atoms with van der Waals surface area (Å²) in [7, 11) is -3.26. The Kier molecular flexibility index (Phi) is 8.12. The Hall–Kier alpha value is -1.18. The number of rotatable bonds is 13. The largest absolute Gasteiger partial charge is 0.490 e. The van der Waals surface area contributed by atoms with E-state index < -0.39 is 10.0 Å². The first-order chi connectivity index (χ1) is 12.0. The Morgan fingerprint density at radius 2 is 2.04 bits per heavy atom. The summed E-state index contributed by atoms with van der Waals surface area (Å²) in [5.74, 6) is 0.736. The molecule has 0 aliphatic heterocycles. The molecule has 1 fully saturated rings. The highest BCUT2D eigenvalue weighted by Crippen LogP contribution is 2.32. The summed E-state index contributed by atoms with van der Waals surface area (Å²) in [6.45, 7) is 1.41. The fourth-order valence-electron chi connectivity index (χ4n) is 2.59. The van der Waals surface area contributed by atoms with Gasteiger partial charge in [0.1, 0.15) is 0 Å². The zero-order valence-electron chi connectivity index (χ0n) is 14.7. The molecule has 0 amide bonds. The molecule has 0 heterocycles. The third-order valence-corrected chi connectivity index (χ3v) is 5.80. The Morgan fingerprint density at radius 3 is 2.76 bits per heavy atom. The highest BCUT2D eigenvalue weighted by atomic mass is 32.2. The minimum atomic E-state index is -3.26. The molecular weight excluding hydrogens is 343 g/mol. The van der Waals surface area contributed by atoms with Gasteiger partial charge >= 0.3 is 0 Å². The Balaban J connectivity index is 1.73. The minimum absolute atomic E-state index is 0.117. The van der Waals surface area contributed by atoms with E-state index in [9.17, 15) is 12.8 Å². The first kappa shape index (κ1) is 20.1. The molecule has 1 saturated carbocycles. The van der Waals surface area contributed by atoms with Crippen molar-refractivity contribution in [3.05, 3.63) is 29.6 Å². The van der Waals surface area contributed by atoms with E-state index in [2.05, 4.69) is 4.72 Å². The molecule has 0 aromatic heterocycles. The van der Waals surface area contributed by atoms with Crippen molar-refractivity contribution >= 4 is 10.0 Å². The molecule has 1 aromatic carbocycles. The lowest BCUT2D eigenvalue weighted by atomic mass is 10.1. The van der Waals surface area contributed by atoms with Gasteiger partial charge in [-0.1, -0.05) is 25.3 Å². The number of nitrogens with two attached hydrogens (primary N) is 1. The molecule has 5 nitrogen and oxygen atoms in total. The monoisotopic (exact) mass is 372 g/mol. The fourth-order valence-corrected chi connectivity index (χ4v) is 3.73. The van der Waals surface area contributed by atoms with E-state index in [1.54, 1.807) is 12.1 Å². The summed E-state index contributed by atoms with van der Waals surface area (Å²) in [5.41, 5.74) is 6.25. The molecule has 1 aromatic rings. The van der Waals surface area contributed by atoms with E-state index >= 15 is 0 Å². The Bertz CT molecular complexity index is 633. The lowest BCUT2D eigenvalue weighted by Gasteiger charge is -2.10. The van der Waals surface area contributed by atoms with Crippen LogP contribution >= 0.6 is 0 Å². The third kappa shape index (κ3) is 8.16. The van der Waals surface area contributed by atoms with Crippen molar-refractivity contribution in [1.29, 1.82) is 0 Å². The van der Waals surface area contributed by atoms with Gasteiger partial charge in [0.15, 0.2) is 11.6 Å². The summed E-state index contributed by atoms with van der Waals surface area (Å²) in [6.07, 6.45) is 6.24. The van der Waals surface area contributed by atoms with Gasteiger partial charge < -0.3 is 10.5 Å². The number of nitrogens with one attached hydrogen (secondary N) is 1. The van der Waals surface area contributed by atoms with E-state index in [0.717, 1.165) is 30.7 Å². The Labute approximate surface area is 150 Å². The standard InChI is InChI=1S/C18H29FN2O3S/c19-17-7-6-16(14-18(17)24-12-9-15-4-5-15)8-11-21-25(22,23)13-3-1-2-10-20/h6-7,14-15,21H,1-5,8-13,20H2. The lowest BCUT2D eigenvalue weighted by Crippen LogP contribution is -2.28. The number of hydrogen-bond donors (Lipinski definition) is 2. The van der Waals surface area contributed by atoms with Crippen LogP contribution in [0.3, 0.4) is 0 Å². The average molecular weight is 373 g/mol. The van der Waals surface area contributed by atoms with E-state index in [1.807, 2.05) is 0 Å². The summed E-state index contributed by atoms with van der Waals surface area (Å²) in [6, 6.07) is 4.71. The summed E-state index contributed by atoms with van der Waals surface area (Å²) < 4.78 is 45.7. The van der Waals surface area contributed by atoms with Gasteiger partial charge in [-0.3, -0.25) is 0 Å². The van der Waals surface area contributed by atoms with Crippen LogP contribution in [0.15, 0.2) is 18.2 Å². The minimum Gasteiger partial charge on any atom is -0.490 e. The number of unbranched alkanes of at least 4 members (excludes halogenated alkanes) is 2. The topological polar surface area (TPSA) is 81.4 Å². The molecule has 142 valence electrons. The fraction of sp³-hybridized carbons (Fsp3) is 0.667. The van der Waals surface area contributed by atoms with E-state index in [-0.39, 0.29) is 17.3 Å². The summed E-state index contributed by atoms with van der Waals surface area (Å²) in [5, 5.41) is 0. The zero-order chi connectivity index (χ0) is 18.1. The molecule has 2 rings (SSSR count). The quantitative estimate of drug-likeness (QED) is 0.522. The van der Waals surface area contributed by atoms with Gasteiger partial charge in [0, 0.05) is 6.54 Å². The number of benzene rings is 1. The molecule has 0 bridgehead atoms. The molecule has 3 N–H and O–H groups in total. The maximum absolute atomic E-state index is 13.8. The van der Waals surface area contributed by atoms with E-state index in [0.29, 0.717) is 32.5 Å². The van der Waals surface area contributed by atoms with Crippen molar-refractivity contribution in [3.63, 3.8) is 0 Å². The van der Waals surface area contributed by atoms with Crippen molar-refractivity contribution in [2.24, 2.45) is 11.7 Å². The molecule has 7 heteroatoms. The van der Waals surface area contributed by atoms with Crippen molar-refractivity contribution in [2.45, 2.75) is 44.9 Å². The molecule has 0 saturated heterocycles. The van der Waals surface area contributed by atoms with Crippen molar-refractivity contribution in [3.8, 4) is 5.75 Å². The van der Waals surface area contributed by atoms with Crippen LogP contribution in [-0.4, -0.2) is 33.9 Å². The van der Waals surface area contributed by atoms with Crippen LogP contribution in [0.25, 0.3) is 0 Å². The number of hydrogen-bond acceptors (Lipinski definition) is 4. The average Bonchev–Trinajstić information content (AvgIpc) is 3.38. The first-order valence-corrected chi connectivity index (χ1v) is 10.7. The van der Waals surface area contributed by atoms with E-state index in [1.165, 1.54) is 18.9 Å². The van der Waals surface area contributed by atoms with Gasteiger partial charge in [0.05, 0.1) is 12.4 Å². The van der Waals surface area contributed by atoms with Crippen LogP contribution in [0.4, 0.5) is 4.39 Å². The van der Waals surface area contributed by atoms with Crippen molar-refractivity contribution in [1.82, 2.24) is 4.72 Å². The maximum atomic E-state index is 13.8. The molecule has 25 heavy (non-hydrogen) atoms. The van der Waals surface area contributed by atoms with Crippen LogP contribution in [0, 0.1) is 11.7 Å². The highest BCUT2D eigenvalue weighted by molar-refractivity contribution is 7.89.